The van der Waals surface area contributed by atoms with Crippen LogP contribution in [-0.4, -0.2) is 35.2 Å². The van der Waals surface area contributed by atoms with Gasteiger partial charge >= 0.3 is 0 Å². The van der Waals surface area contributed by atoms with Crippen molar-refractivity contribution in [3.63, 3.8) is 0 Å². The molecule has 2 aromatic carbocycles. The summed E-state index contributed by atoms with van der Waals surface area (Å²) in [4.78, 5) is 6.49. The third-order valence-corrected chi connectivity index (χ3v) is 5.70. The number of piperazine rings is 1. The van der Waals surface area contributed by atoms with Crippen LogP contribution in [0.25, 0.3) is 33.1 Å². The average molecular weight is 380 g/mol. The summed E-state index contributed by atoms with van der Waals surface area (Å²) in [5.41, 5.74) is 2.90. The molecule has 1 unspecified atom stereocenters. The zero-order valence-electron chi connectivity index (χ0n) is 16.0. The molecule has 3 heterocycles. The highest BCUT2D eigenvalue weighted by Crippen LogP contribution is 2.40. The molecule has 3 aliphatic rings. The Bertz CT molecular complexity index is 1170. The second-order valence-electron chi connectivity index (χ2n) is 7.52. The fraction of sp³-hybridized carbons (Fsp3) is 0.318. The van der Waals surface area contributed by atoms with E-state index in [2.05, 4.69) is 10.3 Å². The van der Waals surface area contributed by atoms with E-state index in [9.17, 15) is 0 Å². The average Bonchev–Trinajstić information content (AvgIpc) is 3.06. The molecule has 0 bridgehead atoms. The van der Waals surface area contributed by atoms with Gasteiger partial charge in [0.05, 0.1) is 16.7 Å². The van der Waals surface area contributed by atoms with E-state index < -0.39 is 11.6 Å². The summed E-state index contributed by atoms with van der Waals surface area (Å²) in [5.74, 6) is -1.03. The van der Waals surface area contributed by atoms with Crippen LogP contribution in [-0.2, 0) is 6.54 Å². The van der Waals surface area contributed by atoms with Gasteiger partial charge in [0, 0.05) is 54.8 Å². The number of pyridine rings is 1. The van der Waals surface area contributed by atoms with E-state index in [0.717, 1.165) is 16.5 Å². The minimum Gasteiger partial charge on any atom is -0.364 e. The summed E-state index contributed by atoms with van der Waals surface area (Å²) in [6, 6.07) is 9.46. The minimum absolute atomic E-state index is 0.0681. The van der Waals surface area contributed by atoms with Gasteiger partial charge < -0.3 is 14.8 Å². The quantitative estimate of drug-likeness (QED) is 0.560. The van der Waals surface area contributed by atoms with Crippen molar-refractivity contribution in [2.24, 2.45) is 0 Å². The molecule has 0 amide bonds. The zero-order valence-corrected chi connectivity index (χ0v) is 16.0. The molecule has 0 radical (unpaired) electrons. The maximum absolute atomic E-state index is 15.7. The number of nitrogens with zero attached hydrogens (tertiary/aromatic N) is 3. The molecular formula is C22H22F2N4. The number of anilines is 1. The number of halogens is 2. The molecule has 5 rings (SSSR count). The van der Waals surface area contributed by atoms with Crippen LogP contribution in [0.1, 0.15) is 13.8 Å². The first-order valence-electron chi connectivity index (χ1n) is 9.76. The lowest BCUT2D eigenvalue weighted by atomic mass is 10.0. The van der Waals surface area contributed by atoms with E-state index in [1.807, 2.05) is 53.8 Å². The Hall–Kier alpha value is -2.73. The van der Waals surface area contributed by atoms with Crippen molar-refractivity contribution < 1.29 is 8.78 Å². The maximum Gasteiger partial charge on any atom is 0.173 e. The highest BCUT2D eigenvalue weighted by molar-refractivity contribution is 6.07. The van der Waals surface area contributed by atoms with Crippen LogP contribution in [0.4, 0.5) is 14.5 Å². The second-order valence-corrected chi connectivity index (χ2v) is 7.52. The second kappa shape index (κ2) is 6.41. The Morgan fingerprint density at radius 1 is 1.21 bits per heavy atom. The SMILES string of the molecule is CCn1cc2c3ccccc3nc-2c2cc(F)c(N3CCNC(C)C3)c(F)c21. The van der Waals surface area contributed by atoms with Gasteiger partial charge in [-0.2, -0.15) is 0 Å². The van der Waals surface area contributed by atoms with E-state index in [1.165, 1.54) is 6.07 Å². The molecule has 0 aliphatic carbocycles. The van der Waals surface area contributed by atoms with Gasteiger partial charge in [0.25, 0.3) is 0 Å². The Labute approximate surface area is 162 Å². The predicted octanol–water partition coefficient (Wildman–Crippen LogP) is 4.39. The van der Waals surface area contributed by atoms with Gasteiger partial charge in [0.2, 0.25) is 0 Å². The third-order valence-electron chi connectivity index (χ3n) is 5.70. The summed E-state index contributed by atoms with van der Waals surface area (Å²) >= 11 is 0. The molecule has 1 fully saturated rings. The van der Waals surface area contributed by atoms with Crippen molar-refractivity contribution >= 4 is 27.5 Å². The van der Waals surface area contributed by atoms with Gasteiger partial charge in [-0.15, -0.1) is 0 Å². The topological polar surface area (TPSA) is 33.1 Å². The Morgan fingerprint density at radius 3 is 2.82 bits per heavy atom. The lowest BCUT2D eigenvalue weighted by Gasteiger charge is -2.34. The van der Waals surface area contributed by atoms with E-state index in [1.54, 1.807) is 0 Å². The Kier molecular flexibility index (Phi) is 3.98. The first kappa shape index (κ1) is 17.4. The molecule has 6 heteroatoms. The molecule has 0 saturated carbocycles. The Balaban J connectivity index is 1.83. The monoisotopic (exact) mass is 380 g/mol. The van der Waals surface area contributed by atoms with Crippen LogP contribution in [0.5, 0.6) is 0 Å². The molecule has 1 atom stereocenters. The highest BCUT2D eigenvalue weighted by atomic mass is 19.1. The number of benzene rings is 2. The normalized spacial score (nSPS) is 17.9. The van der Waals surface area contributed by atoms with E-state index in [4.69, 9.17) is 0 Å². The summed E-state index contributed by atoms with van der Waals surface area (Å²) in [6.45, 7) is 6.45. The largest absolute Gasteiger partial charge is 0.364 e. The van der Waals surface area contributed by atoms with Crippen LogP contribution in [0.2, 0.25) is 0 Å². The predicted molar refractivity (Wildman–Crippen MR) is 109 cm³/mol. The van der Waals surface area contributed by atoms with Crippen molar-refractivity contribution in [3.05, 3.63) is 48.2 Å². The number of fused-ring (bicyclic) bond motifs is 5. The number of rotatable bonds is 2. The van der Waals surface area contributed by atoms with Crippen molar-refractivity contribution in [2.45, 2.75) is 26.4 Å². The van der Waals surface area contributed by atoms with Crippen LogP contribution >= 0.6 is 0 Å². The van der Waals surface area contributed by atoms with Crippen molar-refractivity contribution in [1.82, 2.24) is 14.9 Å². The van der Waals surface area contributed by atoms with Crippen LogP contribution in [0.3, 0.4) is 0 Å². The summed E-state index contributed by atoms with van der Waals surface area (Å²) in [6.07, 6.45) is 1.94. The van der Waals surface area contributed by atoms with Gasteiger partial charge in [-0.25, -0.2) is 13.8 Å². The van der Waals surface area contributed by atoms with Crippen molar-refractivity contribution in [1.29, 1.82) is 0 Å². The van der Waals surface area contributed by atoms with E-state index >= 15 is 8.78 Å². The first-order valence-corrected chi connectivity index (χ1v) is 9.76. The lowest BCUT2D eigenvalue weighted by molar-refractivity contribution is 0.470. The van der Waals surface area contributed by atoms with Crippen LogP contribution in [0.15, 0.2) is 36.5 Å². The molecule has 4 nitrogen and oxygen atoms in total. The number of hydrogen-bond donors (Lipinski definition) is 1. The summed E-state index contributed by atoms with van der Waals surface area (Å²) in [5, 5.41) is 4.85. The zero-order chi connectivity index (χ0) is 19.4. The van der Waals surface area contributed by atoms with Gasteiger partial charge in [-0.05, 0) is 26.0 Å². The van der Waals surface area contributed by atoms with Gasteiger partial charge in [-0.3, -0.25) is 0 Å². The number of aromatic nitrogens is 2. The molecular weight excluding hydrogens is 358 g/mol. The number of para-hydroxylation sites is 1. The van der Waals surface area contributed by atoms with Gasteiger partial charge in [0.1, 0.15) is 11.5 Å². The summed E-state index contributed by atoms with van der Waals surface area (Å²) < 4.78 is 32.8. The molecule has 28 heavy (non-hydrogen) atoms. The molecule has 0 spiro atoms. The lowest BCUT2D eigenvalue weighted by Crippen LogP contribution is -2.49. The highest BCUT2D eigenvalue weighted by Gasteiger charge is 2.27. The fourth-order valence-electron chi connectivity index (χ4n) is 4.40. The van der Waals surface area contributed by atoms with Crippen molar-refractivity contribution in [2.75, 3.05) is 24.5 Å². The van der Waals surface area contributed by atoms with Gasteiger partial charge in [-0.1, -0.05) is 18.2 Å². The minimum atomic E-state index is -0.527. The molecule has 1 N–H and O–H groups in total. The number of nitrogens with one attached hydrogen (secondary N) is 1. The molecule has 1 saturated heterocycles. The third kappa shape index (κ3) is 2.48. The van der Waals surface area contributed by atoms with E-state index in [0.29, 0.717) is 42.8 Å². The van der Waals surface area contributed by atoms with Gasteiger partial charge in [0.15, 0.2) is 5.82 Å². The Morgan fingerprint density at radius 2 is 2.04 bits per heavy atom. The van der Waals surface area contributed by atoms with Crippen LogP contribution in [0, 0.1) is 11.6 Å². The molecule has 2 aromatic rings. The summed E-state index contributed by atoms with van der Waals surface area (Å²) in [7, 11) is 0. The fourth-order valence-corrected chi connectivity index (χ4v) is 4.40. The molecule has 0 aromatic heterocycles. The first-order chi connectivity index (χ1) is 13.6. The standard InChI is InChI=1S/C22H22F2N4/c1-3-27-12-16-14-6-4-5-7-18(14)26-20(16)15-10-17(23)22(19(24)21(15)27)28-9-8-25-13(2)11-28/h4-7,10,12-13,25H,3,8-9,11H2,1-2H3. The smallest absolute Gasteiger partial charge is 0.173 e. The molecule has 144 valence electrons. The van der Waals surface area contributed by atoms with Crippen molar-refractivity contribution in [3.8, 4) is 11.3 Å². The number of hydrogen-bond acceptors (Lipinski definition) is 3. The molecule has 3 aliphatic heterocycles. The van der Waals surface area contributed by atoms with Crippen LogP contribution < -0.4 is 10.2 Å². The number of aryl methyl sites for hydroxylation is 1. The maximum atomic E-state index is 15.7. The van der Waals surface area contributed by atoms with E-state index in [-0.39, 0.29) is 11.7 Å².